The molecule has 3 fully saturated rings. The Bertz CT molecular complexity index is 405. The first kappa shape index (κ1) is 19.2. The molecule has 0 aromatic rings. The van der Waals surface area contributed by atoms with Crippen molar-refractivity contribution in [3.8, 4) is 6.07 Å². The Labute approximate surface area is 155 Å². The average molecular weight is 346 g/mol. The minimum absolute atomic E-state index is 0.320. The third-order valence-electron chi connectivity index (χ3n) is 7.40. The van der Waals surface area contributed by atoms with Crippen LogP contribution in [0.15, 0.2) is 0 Å². The van der Waals surface area contributed by atoms with Crippen molar-refractivity contribution >= 4 is 0 Å². The zero-order chi connectivity index (χ0) is 17.5. The van der Waals surface area contributed by atoms with Crippen LogP contribution in [0.1, 0.15) is 84.0 Å². The summed E-state index contributed by atoms with van der Waals surface area (Å²) < 4.78 is 0. The van der Waals surface area contributed by atoms with Crippen molar-refractivity contribution in [2.75, 3.05) is 13.1 Å². The summed E-state index contributed by atoms with van der Waals surface area (Å²) in [7, 11) is 0. The minimum Gasteiger partial charge on any atom is -0.301 e. The van der Waals surface area contributed by atoms with Gasteiger partial charge in [0.1, 0.15) is 0 Å². The molecule has 0 spiro atoms. The second-order valence-corrected chi connectivity index (χ2v) is 9.07. The summed E-state index contributed by atoms with van der Waals surface area (Å²) in [5.41, 5.74) is 0. The molecule has 2 aliphatic carbocycles. The van der Waals surface area contributed by atoms with Gasteiger partial charge in [-0.15, -0.1) is 0 Å². The molecule has 0 aromatic carbocycles. The highest BCUT2D eigenvalue weighted by atomic mass is 15.2. The van der Waals surface area contributed by atoms with Crippen LogP contribution < -0.4 is 10.6 Å². The number of nitriles is 1. The average Bonchev–Trinajstić information content (AvgIpc) is 2.69. The Balaban J connectivity index is 1.34. The van der Waals surface area contributed by atoms with E-state index in [-0.39, 0.29) is 0 Å². The lowest BCUT2D eigenvalue weighted by atomic mass is 9.73. The van der Waals surface area contributed by atoms with E-state index < -0.39 is 0 Å². The topological polar surface area (TPSA) is 47.9 Å². The van der Waals surface area contributed by atoms with Crippen LogP contribution in [-0.2, 0) is 0 Å². The first-order valence-corrected chi connectivity index (χ1v) is 11.2. The number of hydrogen-bond acceptors (Lipinski definition) is 3. The van der Waals surface area contributed by atoms with Gasteiger partial charge in [0.25, 0.3) is 0 Å². The zero-order valence-corrected chi connectivity index (χ0v) is 16.3. The Morgan fingerprint density at radius 1 is 0.800 bits per heavy atom. The molecule has 3 nitrogen and oxygen atoms in total. The van der Waals surface area contributed by atoms with Crippen molar-refractivity contribution in [2.45, 2.75) is 90.1 Å². The standard InChI is InChI=1S/C22H39N3/c1-2-3-4-5-17-6-10-19(11-7-17)21-15-24-22(25-16-21)20-12-8-18(14-23)9-13-20/h17-22,24-25H,2-13,15-16H2,1H3. The first-order valence-electron chi connectivity index (χ1n) is 11.2. The van der Waals surface area contributed by atoms with E-state index in [0.717, 1.165) is 36.5 Å². The highest BCUT2D eigenvalue weighted by Gasteiger charge is 2.34. The molecule has 0 radical (unpaired) electrons. The predicted octanol–water partition coefficient (Wildman–Crippen LogP) is 4.84. The van der Waals surface area contributed by atoms with Crippen molar-refractivity contribution in [3.05, 3.63) is 0 Å². The van der Waals surface area contributed by atoms with Crippen molar-refractivity contribution in [1.29, 1.82) is 5.26 Å². The largest absolute Gasteiger partial charge is 0.301 e. The predicted molar refractivity (Wildman–Crippen MR) is 104 cm³/mol. The number of rotatable bonds is 6. The van der Waals surface area contributed by atoms with Gasteiger partial charge in [-0.25, -0.2) is 0 Å². The van der Waals surface area contributed by atoms with Gasteiger partial charge in [0.2, 0.25) is 0 Å². The summed E-state index contributed by atoms with van der Waals surface area (Å²) >= 11 is 0. The molecule has 0 bridgehead atoms. The SMILES string of the molecule is CCCCCC1CCC(C2CNC(C3CCC(C#N)CC3)NC2)CC1. The van der Waals surface area contributed by atoms with Crippen molar-refractivity contribution < 1.29 is 0 Å². The summed E-state index contributed by atoms with van der Waals surface area (Å²) in [6, 6.07) is 2.46. The first-order chi connectivity index (χ1) is 12.3. The molecule has 0 aromatic heterocycles. The fourth-order valence-electron chi connectivity index (χ4n) is 5.58. The third kappa shape index (κ3) is 5.44. The summed E-state index contributed by atoms with van der Waals surface area (Å²) in [5, 5.41) is 16.7. The molecular weight excluding hydrogens is 306 g/mol. The van der Waals surface area contributed by atoms with Gasteiger partial charge in [0.15, 0.2) is 0 Å². The van der Waals surface area contributed by atoms with E-state index >= 15 is 0 Å². The van der Waals surface area contributed by atoms with Crippen molar-refractivity contribution in [3.63, 3.8) is 0 Å². The summed E-state index contributed by atoms with van der Waals surface area (Å²) in [5.74, 6) is 3.86. The van der Waals surface area contributed by atoms with Crippen LogP contribution >= 0.6 is 0 Å². The van der Waals surface area contributed by atoms with E-state index in [4.69, 9.17) is 5.26 Å². The lowest BCUT2D eigenvalue weighted by Gasteiger charge is -2.42. The van der Waals surface area contributed by atoms with Gasteiger partial charge >= 0.3 is 0 Å². The second kappa shape index (κ2) is 9.93. The molecule has 1 aliphatic heterocycles. The summed E-state index contributed by atoms with van der Waals surface area (Å²) in [6.45, 7) is 4.73. The van der Waals surface area contributed by atoms with Gasteiger partial charge in [-0.3, -0.25) is 0 Å². The smallest absolute Gasteiger partial charge is 0.0655 e. The van der Waals surface area contributed by atoms with Crippen LogP contribution in [0.4, 0.5) is 0 Å². The molecule has 0 unspecified atom stereocenters. The van der Waals surface area contributed by atoms with Crippen LogP contribution in [0.25, 0.3) is 0 Å². The zero-order valence-electron chi connectivity index (χ0n) is 16.3. The van der Waals surface area contributed by atoms with Crippen molar-refractivity contribution in [2.24, 2.45) is 29.6 Å². The normalized spacial score (nSPS) is 39.7. The van der Waals surface area contributed by atoms with Gasteiger partial charge in [-0.2, -0.15) is 5.26 Å². The van der Waals surface area contributed by atoms with E-state index in [0.29, 0.717) is 12.1 Å². The number of unbranched alkanes of at least 4 members (excludes halogenated alkanes) is 2. The van der Waals surface area contributed by atoms with E-state index in [2.05, 4.69) is 23.6 Å². The fraction of sp³-hybridized carbons (Fsp3) is 0.955. The van der Waals surface area contributed by atoms with E-state index in [1.54, 1.807) is 0 Å². The molecule has 3 heteroatoms. The van der Waals surface area contributed by atoms with Gasteiger partial charge in [0.05, 0.1) is 12.2 Å². The van der Waals surface area contributed by atoms with E-state index in [1.165, 1.54) is 77.3 Å². The molecule has 0 amide bonds. The lowest BCUT2D eigenvalue weighted by Crippen LogP contribution is -2.58. The van der Waals surface area contributed by atoms with Crippen LogP contribution in [0.2, 0.25) is 0 Å². The van der Waals surface area contributed by atoms with Gasteiger partial charge in [-0.1, -0.05) is 45.4 Å². The minimum atomic E-state index is 0.320. The van der Waals surface area contributed by atoms with Crippen molar-refractivity contribution in [1.82, 2.24) is 10.6 Å². The molecule has 2 saturated carbocycles. The van der Waals surface area contributed by atoms with Crippen LogP contribution in [-0.4, -0.2) is 19.3 Å². The maximum atomic E-state index is 9.06. The Kier molecular flexibility index (Phi) is 7.62. The number of nitrogens with zero attached hydrogens (tertiary/aromatic N) is 1. The quantitative estimate of drug-likeness (QED) is 0.677. The highest BCUT2D eigenvalue weighted by Crippen LogP contribution is 2.37. The molecular formula is C22H39N3. The van der Waals surface area contributed by atoms with Gasteiger partial charge in [-0.05, 0) is 62.2 Å². The van der Waals surface area contributed by atoms with Crippen LogP contribution in [0.5, 0.6) is 0 Å². The summed E-state index contributed by atoms with van der Waals surface area (Å²) in [4.78, 5) is 0. The van der Waals surface area contributed by atoms with Gasteiger partial charge < -0.3 is 10.6 Å². The third-order valence-corrected chi connectivity index (χ3v) is 7.40. The number of hydrogen-bond donors (Lipinski definition) is 2. The molecule has 3 aliphatic rings. The molecule has 142 valence electrons. The highest BCUT2D eigenvalue weighted by molar-refractivity contribution is 4.92. The Morgan fingerprint density at radius 3 is 2.04 bits per heavy atom. The number of nitrogens with one attached hydrogen (secondary N) is 2. The van der Waals surface area contributed by atoms with E-state index in [9.17, 15) is 0 Å². The molecule has 3 rings (SSSR count). The van der Waals surface area contributed by atoms with E-state index in [1.807, 2.05) is 0 Å². The van der Waals surface area contributed by atoms with Crippen LogP contribution in [0, 0.1) is 40.9 Å². The maximum Gasteiger partial charge on any atom is 0.0655 e. The molecule has 1 saturated heterocycles. The molecule has 2 N–H and O–H groups in total. The van der Waals surface area contributed by atoms with Crippen LogP contribution in [0.3, 0.4) is 0 Å². The lowest BCUT2D eigenvalue weighted by molar-refractivity contribution is 0.125. The molecule has 0 atom stereocenters. The summed E-state index contributed by atoms with van der Waals surface area (Å²) in [6.07, 6.45) is 16.7. The monoisotopic (exact) mass is 345 g/mol. The maximum absolute atomic E-state index is 9.06. The molecule has 25 heavy (non-hydrogen) atoms. The second-order valence-electron chi connectivity index (χ2n) is 9.07. The fourth-order valence-corrected chi connectivity index (χ4v) is 5.58. The molecule has 1 heterocycles. The Hall–Kier alpha value is -0.590. The van der Waals surface area contributed by atoms with Gasteiger partial charge in [0, 0.05) is 19.0 Å². The Morgan fingerprint density at radius 2 is 1.44 bits per heavy atom.